The number of rotatable bonds is 3. The summed E-state index contributed by atoms with van der Waals surface area (Å²) in [5, 5.41) is 0. The van der Waals surface area contributed by atoms with Crippen LogP contribution in [-0.4, -0.2) is 46.1 Å². The third-order valence-electron chi connectivity index (χ3n) is 4.17. The van der Waals surface area contributed by atoms with Crippen molar-refractivity contribution in [2.75, 3.05) is 36.0 Å². The highest BCUT2D eigenvalue weighted by molar-refractivity contribution is 5.47. The third kappa shape index (κ3) is 3.00. The van der Waals surface area contributed by atoms with E-state index in [2.05, 4.69) is 19.9 Å². The van der Waals surface area contributed by atoms with Gasteiger partial charge in [-0.05, 0) is 20.3 Å². The molecule has 0 saturated carbocycles. The van der Waals surface area contributed by atoms with E-state index in [-0.39, 0.29) is 5.82 Å². The lowest BCUT2D eigenvalue weighted by Crippen LogP contribution is -2.48. The number of anilines is 2. The maximum Gasteiger partial charge on any atom is 0.187 e. The number of hydrogen-bond acceptors (Lipinski definition) is 6. The van der Waals surface area contributed by atoms with E-state index < -0.39 is 5.82 Å². The van der Waals surface area contributed by atoms with Gasteiger partial charge in [-0.1, -0.05) is 6.92 Å². The fourth-order valence-corrected chi connectivity index (χ4v) is 2.88. The summed E-state index contributed by atoms with van der Waals surface area (Å²) < 4.78 is 28.7. The molecule has 6 nitrogen and oxygen atoms in total. The lowest BCUT2D eigenvalue weighted by molar-refractivity contribution is 0.553. The minimum Gasteiger partial charge on any atom is -0.351 e. The maximum atomic E-state index is 14.4. The van der Waals surface area contributed by atoms with Gasteiger partial charge in [-0.15, -0.1) is 0 Å². The van der Waals surface area contributed by atoms with E-state index in [1.54, 1.807) is 13.8 Å². The van der Waals surface area contributed by atoms with Crippen LogP contribution in [0.3, 0.4) is 0 Å². The molecule has 3 rings (SSSR count). The van der Waals surface area contributed by atoms with Crippen LogP contribution in [0.25, 0.3) is 0 Å². The molecule has 0 radical (unpaired) electrons. The van der Waals surface area contributed by atoms with Crippen LogP contribution < -0.4 is 9.80 Å². The molecule has 0 aromatic carbocycles. The highest BCUT2D eigenvalue weighted by Crippen LogP contribution is 2.23. The summed E-state index contributed by atoms with van der Waals surface area (Å²) >= 11 is 0. The molecule has 3 heterocycles. The van der Waals surface area contributed by atoms with Crippen LogP contribution in [0, 0.1) is 25.5 Å². The van der Waals surface area contributed by atoms with Crippen molar-refractivity contribution in [3.8, 4) is 0 Å². The van der Waals surface area contributed by atoms with E-state index in [9.17, 15) is 8.78 Å². The Bertz CT molecular complexity index is 744. The first-order chi connectivity index (χ1) is 11.5. The molecule has 0 spiro atoms. The summed E-state index contributed by atoms with van der Waals surface area (Å²) in [4.78, 5) is 20.0. The van der Waals surface area contributed by atoms with E-state index >= 15 is 0 Å². The predicted octanol–water partition coefficient (Wildman–Crippen LogP) is 2.05. The molecule has 1 aliphatic heterocycles. The zero-order valence-electron chi connectivity index (χ0n) is 14.1. The highest BCUT2D eigenvalue weighted by atomic mass is 19.1. The number of hydrogen-bond donors (Lipinski definition) is 0. The molecule has 0 N–H and O–H groups in total. The zero-order chi connectivity index (χ0) is 17.3. The quantitative estimate of drug-likeness (QED) is 0.856. The number of halogens is 2. The Morgan fingerprint density at radius 1 is 0.917 bits per heavy atom. The van der Waals surface area contributed by atoms with Gasteiger partial charge >= 0.3 is 0 Å². The van der Waals surface area contributed by atoms with E-state index in [1.165, 1.54) is 6.33 Å². The summed E-state index contributed by atoms with van der Waals surface area (Å²) in [5.74, 6) is 0.415. The molecule has 2 aromatic rings. The highest BCUT2D eigenvalue weighted by Gasteiger charge is 2.25. The Balaban J connectivity index is 1.77. The number of aryl methyl sites for hydroxylation is 3. The van der Waals surface area contributed by atoms with E-state index in [4.69, 9.17) is 0 Å². The first-order valence-corrected chi connectivity index (χ1v) is 8.01. The normalized spacial score (nSPS) is 15.0. The predicted molar refractivity (Wildman–Crippen MR) is 87.3 cm³/mol. The van der Waals surface area contributed by atoms with Crippen molar-refractivity contribution in [2.24, 2.45) is 0 Å². The Labute approximate surface area is 139 Å². The van der Waals surface area contributed by atoms with Gasteiger partial charge in [-0.2, -0.15) is 0 Å². The average molecular weight is 334 g/mol. The van der Waals surface area contributed by atoms with Crippen molar-refractivity contribution >= 4 is 11.6 Å². The Morgan fingerprint density at radius 3 is 2.17 bits per heavy atom. The first kappa shape index (κ1) is 16.5. The minimum atomic E-state index is -0.393. The van der Waals surface area contributed by atoms with Gasteiger partial charge in [-0.3, -0.25) is 0 Å². The molecule has 0 bridgehead atoms. The van der Waals surface area contributed by atoms with Crippen molar-refractivity contribution in [1.82, 2.24) is 19.9 Å². The summed E-state index contributed by atoms with van der Waals surface area (Å²) in [7, 11) is 0. The Hall–Kier alpha value is -2.38. The molecular formula is C16H20F2N6. The van der Waals surface area contributed by atoms with Gasteiger partial charge in [0.2, 0.25) is 0 Å². The average Bonchev–Trinajstić information content (AvgIpc) is 2.58. The number of piperazine rings is 1. The number of aromatic nitrogens is 4. The fraction of sp³-hybridized carbons (Fsp3) is 0.500. The van der Waals surface area contributed by atoms with Crippen molar-refractivity contribution in [3.05, 3.63) is 35.2 Å². The smallest absolute Gasteiger partial charge is 0.187 e. The van der Waals surface area contributed by atoms with Crippen LogP contribution in [0.15, 0.2) is 6.33 Å². The first-order valence-electron chi connectivity index (χ1n) is 8.01. The summed E-state index contributed by atoms with van der Waals surface area (Å²) in [6.07, 6.45) is 1.91. The van der Waals surface area contributed by atoms with Gasteiger partial charge < -0.3 is 9.80 Å². The Morgan fingerprint density at radius 2 is 1.54 bits per heavy atom. The van der Waals surface area contributed by atoms with Crippen molar-refractivity contribution in [3.63, 3.8) is 0 Å². The fourth-order valence-electron chi connectivity index (χ4n) is 2.88. The monoisotopic (exact) mass is 334 g/mol. The molecule has 1 aliphatic rings. The molecule has 0 amide bonds. The van der Waals surface area contributed by atoms with Crippen LogP contribution in [-0.2, 0) is 6.42 Å². The molecule has 0 aliphatic carbocycles. The van der Waals surface area contributed by atoms with Crippen LogP contribution in [0.1, 0.15) is 24.1 Å². The topological polar surface area (TPSA) is 58.0 Å². The van der Waals surface area contributed by atoms with Gasteiger partial charge in [0, 0.05) is 26.2 Å². The third-order valence-corrected chi connectivity index (χ3v) is 4.17. The van der Waals surface area contributed by atoms with Crippen LogP contribution in [0.5, 0.6) is 0 Å². The second-order valence-corrected chi connectivity index (χ2v) is 5.78. The van der Waals surface area contributed by atoms with E-state index in [0.717, 1.165) is 0 Å². The SMILES string of the molecule is CCc1ncnc(N2CCN(c3nc(C)nc(C)c3F)CC2)c1F. The standard InChI is InChI=1S/C16H20F2N6/c1-4-12-14(18)15(20-9-19-12)23-5-7-24(8-6-23)16-13(17)10(2)21-11(3)22-16/h9H,4-8H2,1-3H3. The molecule has 1 fully saturated rings. The van der Waals surface area contributed by atoms with Crippen molar-refractivity contribution in [2.45, 2.75) is 27.2 Å². The maximum absolute atomic E-state index is 14.4. The van der Waals surface area contributed by atoms with Crippen LogP contribution in [0.4, 0.5) is 20.4 Å². The molecule has 24 heavy (non-hydrogen) atoms. The molecule has 0 unspecified atom stereocenters. The van der Waals surface area contributed by atoms with Gasteiger partial charge in [0.05, 0.1) is 11.4 Å². The van der Waals surface area contributed by atoms with Gasteiger partial charge in [0.15, 0.2) is 23.3 Å². The lowest BCUT2D eigenvalue weighted by Gasteiger charge is -2.36. The summed E-state index contributed by atoms with van der Waals surface area (Å²) in [6.45, 7) is 7.39. The number of nitrogens with zero attached hydrogens (tertiary/aromatic N) is 6. The Kier molecular flexibility index (Phi) is 4.55. The second-order valence-electron chi connectivity index (χ2n) is 5.78. The molecule has 1 saturated heterocycles. The van der Waals surface area contributed by atoms with Gasteiger partial charge in [0.1, 0.15) is 12.2 Å². The minimum absolute atomic E-state index is 0.317. The molecule has 0 atom stereocenters. The van der Waals surface area contributed by atoms with Gasteiger partial charge in [0.25, 0.3) is 0 Å². The molecule has 128 valence electrons. The largest absolute Gasteiger partial charge is 0.351 e. The summed E-state index contributed by atoms with van der Waals surface area (Å²) in [5.41, 5.74) is 0.755. The summed E-state index contributed by atoms with van der Waals surface area (Å²) in [6, 6.07) is 0. The van der Waals surface area contributed by atoms with E-state index in [0.29, 0.717) is 61.4 Å². The molecule has 8 heteroatoms. The second kappa shape index (κ2) is 6.62. The van der Waals surface area contributed by atoms with Crippen LogP contribution >= 0.6 is 0 Å². The molecular weight excluding hydrogens is 314 g/mol. The van der Waals surface area contributed by atoms with Gasteiger partial charge in [-0.25, -0.2) is 28.7 Å². The van der Waals surface area contributed by atoms with Crippen molar-refractivity contribution in [1.29, 1.82) is 0 Å². The van der Waals surface area contributed by atoms with Crippen molar-refractivity contribution < 1.29 is 8.78 Å². The zero-order valence-corrected chi connectivity index (χ0v) is 14.1. The van der Waals surface area contributed by atoms with Crippen LogP contribution in [0.2, 0.25) is 0 Å². The molecule has 2 aromatic heterocycles. The van der Waals surface area contributed by atoms with E-state index in [1.807, 2.05) is 16.7 Å². The lowest BCUT2D eigenvalue weighted by atomic mass is 10.2.